The van der Waals surface area contributed by atoms with Gasteiger partial charge in [0.2, 0.25) is 5.91 Å². The second-order valence-electron chi connectivity index (χ2n) is 4.95. The van der Waals surface area contributed by atoms with Crippen molar-refractivity contribution in [2.24, 2.45) is 5.92 Å². The van der Waals surface area contributed by atoms with Crippen LogP contribution in [0.15, 0.2) is 0 Å². The molecule has 1 aliphatic rings. The van der Waals surface area contributed by atoms with Crippen molar-refractivity contribution >= 4 is 17.9 Å². The number of piperidine rings is 1. The van der Waals surface area contributed by atoms with Crippen molar-refractivity contribution in [3.8, 4) is 0 Å². The van der Waals surface area contributed by atoms with Gasteiger partial charge in [0.05, 0.1) is 5.92 Å². The zero-order chi connectivity index (χ0) is 15.1. The topological polar surface area (TPSA) is 98.7 Å². The molecule has 1 rings (SSSR count). The Morgan fingerprint density at radius 3 is 2.60 bits per heavy atom. The van der Waals surface area contributed by atoms with Gasteiger partial charge in [-0.15, -0.1) is 0 Å². The number of nitrogens with zero attached hydrogens (tertiary/aromatic N) is 1. The summed E-state index contributed by atoms with van der Waals surface area (Å²) in [4.78, 5) is 36.3. The minimum absolute atomic E-state index is 0.0850. The number of carboxylic acids is 1. The fourth-order valence-electron chi connectivity index (χ4n) is 2.33. The lowest BCUT2D eigenvalue weighted by atomic mass is 10.0. The van der Waals surface area contributed by atoms with Crippen LogP contribution in [0, 0.1) is 5.92 Å². The number of hydrogen-bond donors (Lipinski definition) is 3. The van der Waals surface area contributed by atoms with Crippen LogP contribution in [0.5, 0.6) is 0 Å². The van der Waals surface area contributed by atoms with Crippen LogP contribution in [0.25, 0.3) is 0 Å². The number of likely N-dealkylation sites (tertiary alicyclic amines) is 1. The summed E-state index contributed by atoms with van der Waals surface area (Å²) < 4.78 is 0. The Balaban J connectivity index is 2.59. The predicted octanol–water partition coefficient (Wildman–Crippen LogP) is 0.407. The molecule has 1 heterocycles. The third-order valence-corrected chi connectivity index (χ3v) is 3.65. The highest BCUT2D eigenvalue weighted by molar-refractivity contribution is 5.87. The molecule has 2 atom stereocenters. The van der Waals surface area contributed by atoms with Gasteiger partial charge < -0.3 is 20.6 Å². The van der Waals surface area contributed by atoms with E-state index in [0.29, 0.717) is 19.4 Å². The van der Waals surface area contributed by atoms with Crippen molar-refractivity contribution in [3.63, 3.8) is 0 Å². The second kappa shape index (κ2) is 7.72. The monoisotopic (exact) mass is 285 g/mol. The van der Waals surface area contributed by atoms with Crippen LogP contribution in [-0.2, 0) is 9.59 Å². The van der Waals surface area contributed by atoms with Crippen LogP contribution in [0.2, 0.25) is 0 Å². The molecule has 114 valence electrons. The molecule has 7 nitrogen and oxygen atoms in total. The molecule has 7 heteroatoms. The zero-order valence-corrected chi connectivity index (χ0v) is 12.0. The number of nitrogens with one attached hydrogen (secondary N) is 2. The van der Waals surface area contributed by atoms with Crippen molar-refractivity contribution < 1.29 is 19.5 Å². The predicted molar refractivity (Wildman–Crippen MR) is 73.2 cm³/mol. The van der Waals surface area contributed by atoms with Gasteiger partial charge in [-0.1, -0.05) is 6.92 Å². The standard InChI is InChI=1S/C13H23N3O4/c1-3-9(12(18)19)8-15-13(20)16-7-5-4-6-10(16)11(17)14-2/h9-10H,3-8H2,1-2H3,(H,14,17)(H,15,20)(H,18,19). The van der Waals surface area contributed by atoms with Gasteiger partial charge in [0, 0.05) is 20.1 Å². The van der Waals surface area contributed by atoms with E-state index in [1.54, 1.807) is 14.0 Å². The maximum absolute atomic E-state index is 12.1. The van der Waals surface area contributed by atoms with Crippen molar-refractivity contribution in [2.75, 3.05) is 20.1 Å². The van der Waals surface area contributed by atoms with Crippen LogP contribution >= 0.6 is 0 Å². The van der Waals surface area contributed by atoms with Crippen LogP contribution in [0.3, 0.4) is 0 Å². The molecule has 1 fully saturated rings. The Morgan fingerprint density at radius 1 is 1.35 bits per heavy atom. The number of likely N-dealkylation sites (N-methyl/N-ethyl adjacent to an activating group) is 1. The van der Waals surface area contributed by atoms with Gasteiger partial charge in [-0.25, -0.2) is 4.79 Å². The van der Waals surface area contributed by atoms with Crippen LogP contribution in [0.4, 0.5) is 4.79 Å². The van der Waals surface area contributed by atoms with E-state index in [1.165, 1.54) is 4.90 Å². The number of carboxylic acid groups (broad SMARTS) is 1. The first-order chi connectivity index (χ1) is 9.51. The minimum atomic E-state index is -0.922. The van der Waals surface area contributed by atoms with E-state index in [1.807, 2.05) is 0 Å². The Hall–Kier alpha value is -1.79. The molecule has 0 saturated carbocycles. The Morgan fingerprint density at radius 2 is 2.05 bits per heavy atom. The number of rotatable bonds is 5. The summed E-state index contributed by atoms with van der Waals surface area (Å²) >= 11 is 0. The third-order valence-electron chi connectivity index (χ3n) is 3.65. The Kier molecular flexibility index (Phi) is 6.27. The Bertz CT molecular complexity index is 373. The first kappa shape index (κ1) is 16.3. The number of carbonyl (C=O) groups is 3. The molecular formula is C13H23N3O4. The maximum atomic E-state index is 12.1. The molecule has 0 aliphatic carbocycles. The molecule has 1 saturated heterocycles. The fourth-order valence-corrected chi connectivity index (χ4v) is 2.33. The molecule has 3 amide bonds. The summed E-state index contributed by atoms with van der Waals surface area (Å²) in [6, 6.07) is -0.823. The molecule has 1 aliphatic heterocycles. The first-order valence-electron chi connectivity index (χ1n) is 7.00. The summed E-state index contributed by atoms with van der Waals surface area (Å²) in [6.07, 6.45) is 2.86. The molecular weight excluding hydrogens is 262 g/mol. The van der Waals surface area contributed by atoms with Crippen molar-refractivity contribution in [2.45, 2.75) is 38.6 Å². The summed E-state index contributed by atoms with van der Waals surface area (Å²) in [6.45, 7) is 2.37. The highest BCUT2D eigenvalue weighted by Gasteiger charge is 2.31. The van der Waals surface area contributed by atoms with Crippen molar-refractivity contribution in [1.29, 1.82) is 0 Å². The van der Waals surface area contributed by atoms with Gasteiger partial charge in [-0.3, -0.25) is 9.59 Å². The first-order valence-corrected chi connectivity index (χ1v) is 7.00. The van der Waals surface area contributed by atoms with Gasteiger partial charge in [0.25, 0.3) is 0 Å². The van der Waals surface area contributed by atoms with Gasteiger partial charge in [0.1, 0.15) is 6.04 Å². The number of hydrogen-bond acceptors (Lipinski definition) is 3. The fraction of sp³-hybridized carbons (Fsp3) is 0.769. The lowest BCUT2D eigenvalue weighted by Crippen LogP contribution is -2.55. The molecule has 0 bridgehead atoms. The summed E-state index contributed by atoms with van der Waals surface area (Å²) in [5.74, 6) is -1.69. The van der Waals surface area contributed by atoms with E-state index in [9.17, 15) is 14.4 Å². The normalized spacial score (nSPS) is 20.1. The van der Waals surface area contributed by atoms with E-state index in [2.05, 4.69) is 10.6 Å². The highest BCUT2D eigenvalue weighted by atomic mass is 16.4. The minimum Gasteiger partial charge on any atom is -0.481 e. The number of amides is 3. The molecule has 3 N–H and O–H groups in total. The van der Waals surface area contributed by atoms with Crippen molar-refractivity contribution in [1.82, 2.24) is 15.5 Å². The van der Waals surface area contributed by atoms with E-state index in [4.69, 9.17) is 5.11 Å². The SMILES string of the molecule is CCC(CNC(=O)N1CCCCC1C(=O)NC)C(=O)O. The van der Waals surface area contributed by atoms with Crippen LogP contribution in [0.1, 0.15) is 32.6 Å². The molecule has 0 aromatic rings. The summed E-state index contributed by atoms with van der Waals surface area (Å²) in [7, 11) is 1.55. The molecule has 2 unspecified atom stereocenters. The lowest BCUT2D eigenvalue weighted by Gasteiger charge is -2.34. The summed E-state index contributed by atoms with van der Waals surface area (Å²) in [5, 5.41) is 14.1. The number of urea groups is 1. The molecule has 0 spiro atoms. The molecule has 0 radical (unpaired) electrons. The van der Waals surface area contributed by atoms with E-state index < -0.39 is 17.9 Å². The van der Waals surface area contributed by atoms with Gasteiger partial charge in [-0.05, 0) is 25.7 Å². The van der Waals surface area contributed by atoms with E-state index >= 15 is 0 Å². The average Bonchev–Trinajstić information content (AvgIpc) is 2.46. The van der Waals surface area contributed by atoms with Gasteiger partial charge in [0.15, 0.2) is 0 Å². The number of aliphatic carboxylic acids is 1. The van der Waals surface area contributed by atoms with Gasteiger partial charge in [-0.2, -0.15) is 0 Å². The molecule has 0 aromatic heterocycles. The average molecular weight is 285 g/mol. The zero-order valence-electron chi connectivity index (χ0n) is 12.0. The van der Waals surface area contributed by atoms with Gasteiger partial charge >= 0.3 is 12.0 Å². The maximum Gasteiger partial charge on any atom is 0.318 e. The quantitative estimate of drug-likeness (QED) is 0.681. The lowest BCUT2D eigenvalue weighted by molar-refractivity contribution is -0.141. The third kappa shape index (κ3) is 4.11. The molecule has 20 heavy (non-hydrogen) atoms. The highest BCUT2D eigenvalue weighted by Crippen LogP contribution is 2.17. The summed E-state index contributed by atoms with van der Waals surface area (Å²) in [5.41, 5.74) is 0. The van der Waals surface area contributed by atoms with Crippen molar-refractivity contribution in [3.05, 3.63) is 0 Å². The number of carbonyl (C=O) groups excluding carboxylic acids is 2. The second-order valence-corrected chi connectivity index (χ2v) is 4.95. The van der Waals surface area contributed by atoms with E-state index in [-0.39, 0.29) is 18.5 Å². The Labute approximate surface area is 118 Å². The molecule has 0 aromatic carbocycles. The van der Waals surface area contributed by atoms with E-state index in [0.717, 1.165) is 12.8 Å². The largest absolute Gasteiger partial charge is 0.481 e. The smallest absolute Gasteiger partial charge is 0.318 e. The van der Waals surface area contributed by atoms with Crippen LogP contribution < -0.4 is 10.6 Å². The van der Waals surface area contributed by atoms with Crippen LogP contribution in [-0.4, -0.2) is 54.1 Å².